The third-order valence-corrected chi connectivity index (χ3v) is 12.8. The fourth-order valence-corrected chi connectivity index (χ4v) is 10.1. The van der Waals surface area contributed by atoms with Crippen molar-refractivity contribution in [2.75, 3.05) is 26.1 Å². The van der Waals surface area contributed by atoms with Crippen LogP contribution in [0.3, 0.4) is 0 Å². The zero-order valence-electron chi connectivity index (χ0n) is 34.0. The van der Waals surface area contributed by atoms with Crippen LogP contribution in [0.1, 0.15) is 76.9 Å². The van der Waals surface area contributed by atoms with Crippen molar-refractivity contribution in [3.63, 3.8) is 0 Å². The highest BCUT2D eigenvalue weighted by molar-refractivity contribution is 9.11. The monoisotopic (exact) mass is 1100 g/mol. The number of methoxy groups -OCH3 is 1. The minimum absolute atomic E-state index is 0.0246. The van der Waals surface area contributed by atoms with E-state index in [0.29, 0.717) is 51.7 Å². The summed E-state index contributed by atoms with van der Waals surface area (Å²) in [7, 11) is 1.10. The summed E-state index contributed by atoms with van der Waals surface area (Å²) < 4.78 is 44.9. The largest absolute Gasteiger partial charge is 0.508 e. The fourth-order valence-electron chi connectivity index (χ4n) is 6.44. The number of nitrogens with zero attached hydrogens (tertiary/aromatic N) is 1. The number of phenolic OH excluding ortho intramolecular Hbond substituents is 1. The first-order valence-corrected chi connectivity index (χ1v) is 23.2. The fraction of sp³-hybridized carbons (Fsp3) is 0.200. The van der Waals surface area contributed by atoms with Crippen molar-refractivity contribution in [1.29, 1.82) is 0 Å². The Hall–Kier alpha value is -4.45. The Morgan fingerprint density at radius 2 is 1.20 bits per heavy atom. The smallest absolute Gasteiger partial charge is 0.335 e. The number of rotatable bonds is 12. The number of anilines is 1. The number of ether oxygens (including phenoxy) is 3. The van der Waals surface area contributed by atoms with Crippen LogP contribution in [-0.2, 0) is 10.0 Å². The first-order valence-electron chi connectivity index (χ1n) is 18.5. The van der Waals surface area contributed by atoms with Crippen molar-refractivity contribution in [2.45, 2.75) is 44.4 Å². The number of hydrogen-bond acceptors (Lipinski definition) is 9. The first-order chi connectivity index (χ1) is 28.6. The van der Waals surface area contributed by atoms with Gasteiger partial charge in [-0.05, 0) is 148 Å². The molecule has 0 saturated heterocycles. The van der Waals surface area contributed by atoms with E-state index in [9.17, 15) is 23.1 Å². The van der Waals surface area contributed by atoms with Crippen LogP contribution < -0.4 is 24.2 Å². The van der Waals surface area contributed by atoms with Crippen LogP contribution in [0.15, 0.2) is 114 Å². The zero-order chi connectivity index (χ0) is 45.1. The van der Waals surface area contributed by atoms with Gasteiger partial charge in [0, 0.05) is 52.8 Å². The Morgan fingerprint density at radius 3 is 1.67 bits per heavy atom. The molecule has 0 spiro atoms. The van der Waals surface area contributed by atoms with Gasteiger partial charge in [-0.15, -0.1) is 0 Å². The van der Waals surface area contributed by atoms with Crippen molar-refractivity contribution in [3.8, 4) is 34.5 Å². The minimum atomic E-state index is -4.25. The molecule has 0 aliphatic carbocycles. The second kappa shape index (κ2) is 19.7. The number of benzene rings is 6. The van der Waals surface area contributed by atoms with Gasteiger partial charge < -0.3 is 29.3 Å². The topological polar surface area (TPSA) is 166 Å². The Morgan fingerprint density at radius 1 is 0.689 bits per heavy atom. The lowest BCUT2D eigenvalue weighted by atomic mass is 9.98. The number of ketones is 1. The van der Waals surface area contributed by atoms with Crippen LogP contribution >= 0.6 is 63.7 Å². The molecule has 0 atom stereocenters. The van der Waals surface area contributed by atoms with Gasteiger partial charge in [-0.3, -0.25) is 4.79 Å². The van der Waals surface area contributed by atoms with Crippen molar-refractivity contribution >= 4 is 102 Å². The van der Waals surface area contributed by atoms with Crippen LogP contribution in [0.5, 0.6) is 34.5 Å². The zero-order valence-corrected chi connectivity index (χ0v) is 41.2. The molecule has 6 rings (SSSR count). The van der Waals surface area contributed by atoms with Crippen molar-refractivity contribution in [1.82, 2.24) is 0 Å². The van der Waals surface area contributed by atoms with Gasteiger partial charge in [0.15, 0.2) is 17.3 Å². The van der Waals surface area contributed by atoms with E-state index in [2.05, 4.69) is 77.6 Å². The molecule has 6 aromatic rings. The van der Waals surface area contributed by atoms with Crippen LogP contribution in [0, 0.1) is 0 Å². The summed E-state index contributed by atoms with van der Waals surface area (Å²) in [6, 6.07) is 25.2. The number of sulfonamides is 1. The maximum absolute atomic E-state index is 13.7. The molecule has 0 heterocycles. The third kappa shape index (κ3) is 11.0. The molecule has 16 heteroatoms. The van der Waals surface area contributed by atoms with Crippen molar-refractivity contribution in [2.24, 2.45) is 5.14 Å². The molecule has 0 unspecified atom stereocenters. The number of carbonyl (C=O) groups is 2. The lowest BCUT2D eigenvalue weighted by molar-refractivity contribution is 0.0696. The predicted octanol–water partition coefficient (Wildman–Crippen LogP) is 12.8. The number of phenols is 1. The summed E-state index contributed by atoms with van der Waals surface area (Å²) in [5.74, 6) is 1.97. The van der Waals surface area contributed by atoms with E-state index in [1.165, 1.54) is 18.2 Å². The number of fused-ring (bicyclic) bond motifs is 1. The van der Waals surface area contributed by atoms with E-state index in [1.807, 2.05) is 57.1 Å². The number of primary sulfonamides is 1. The summed E-state index contributed by atoms with van der Waals surface area (Å²) in [4.78, 5) is 26.4. The number of aromatic carboxylic acids is 1. The first kappa shape index (κ1) is 47.6. The van der Waals surface area contributed by atoms with E-state index in [-0.39, 0.29) is 39.2 Å². The van der Waals surface area contributed by atoms with E-state index < -0.39 is 21.8 Å². The number of carboxylic acid groups (broad SMARTS) is 1. The van der Waals surface area contributed by atoms with Crippen molar-refractivity contribution in [3.05, 3.63) is 137 Å². The highest BCUT2D eigenvalue weighted by atomic mass is 79.9. The molecule has 0 aromatic heterocycles. The van der Waals surface area contributed by atoms with Gasteiger partial charge in [0.1, 0.15) is 27.9 Å². The van der Waals surface area contributed by atoms with E-state index >= 15 is 0 Å². The minimum Gasteiger partial charge on any atom is -0.508 e. The Balaban J connectivity index is 0.000000262. The molecule has 320 valence electrons. The van der Waals surface area contributed by atoms with Gasteiger partial charge in [0.2, 0.25) is 10.0 Å². The Bertz CT molecular complexity index is 2730. The summed E-state index contributed by atoms with van der Waals surface area (Å²) >= 11 is 13.7. The molecule has 0 fully saturated rings. The summed E-state index contributed by atoms with van der Waals surface area (Å²) in [6.07, 6.45) is 0. The molecule has 11 nitrogen and oxygen atoms in total. The quantitative estimate of drug-likeness (QED) is 0.100. The molecule has 61 heavy (non-hydrogen) atoms. The van der Waals surface area contributed by atoms with Gasteiger partial charge in [-0.1, -0.05) is 45.9 Å². The third-order valence-electron chi connectivity index (χ3n) is 9.39. The molecular formula is C45H42Br4N2O9S. The normalized spacial score (nSPS) is 11.3. The van der Waals surface area contributed by atoms with Crippen LogP contribution in [-0.4, -0.2) is 51.6 Å². The second-order valence-electron chi connectivity index (χ2n) is 14.6. The van der Waals surface area contributed by atoms with Gasteiger partial charge in [-0.2, -0.15) is 0 Å². The highest BCUT2D eigenvalue weighted by Crippen LogP contribution is 2.42. The SMILES string of the molecule is CC(C)c1cc(Oc2c(Br)cc(C(=O)c3ccc4c(N(C)C)cccc4c3S(N)(=O)=O)cc2Br)ccc1O.COc1ccc(Oc2c(Br)cc(C(=O)O)cc2Br)cc1C(C)C. The van der Waals surface area contributed by atoms with Crippen molar-refractivity contribution < 1.29 is 42.4 Å². The van der Waals surface area contributed by atoms with Gasteiger partial charge in [0.05, 0.1) is 30.6 Å². The molecule has 4 N–H and O–H groups in total. The van der Waals surface area contributed by atoms with Gasteiger partial charge >= 0.3 is 5.97 Å². The highest BCUT2D eigenvalue weighted by Gasteiger charge is 2.26. The van der Waals surface area contributed by atoms with E-state index in [0.717, 1.165) is 22.6 Å². The Labute approximate surface area is 388 Å². The second-order valence-corrected chi connectivity index (χ2v) is 19.5. The number of nitrogens with two attached hydrogens (primary N) is 1. The Kier molecular flexibility index (Phi) is 15.4. The number of halogens is 4. The molecule has 6 aromatic carbocycles. The summed E-state index contributed by atoms with van der Waals surface area (Å²) in [5.41, 5.74) is 2.97. The lowest BCUT2D eigenvalue weighted by Crippen LogP contribution is -2.18. The maximum atomic E-state index is 13.7. The summed E-state index contributed by atoms with van der Waals surface area (Å²) in [6.45, 7) is 8.09. The van der Waals surface area contributed by atoms with Crippen LogP contribution in [0.2, 0.25) is 0 Å². The lowest BCUT2D eigenvalue weighted by Gasteiger charge is -2.18. The van der Waals surface area contributed by atoms with E-state index in [4.69, 9.17) is 24.5 Å². The molecule has 0 amide bonds. The summed E-state index contributed by atoms with van der Waals surface area (Å²) in [5, 5.41) is 25.8. The molecule has 0 aliphatic rings. The number of carboxylic acids is 1. The van der Waals surface area contributed by atoms with Gasteiger partial charge in [0.25, 0.3) is 0 Å². The molecular weight excluding hydrogens is 1060 g/mol. The van der Waals surface area contributed by atoms with Crippen LogP contribution in [0.25, 0.3) is 10.8 Å². The number of carbonyl (C=O) groups excluding carboxylic acids is 1. The molecule has 0 aliphatic heterocycles. The standard InChI is InChI=1S/C28H26Br2N2O5S.C17H16Br2O4/c1-15(2)21-14-17(8-11-25(21)33)37-27-22(29)12-16(13-23(27)30)26(34)20-10-9-18-19(28(20)38(31,35)36)6-5-7-24(18)32(3)4;1-9(2)12-8-11(4-5-15(12)22-3)23-16-13(18)6-10(17(20)21)7-14(16)19/h5-15,33H,1-4H3,(H2,31,35,36);4-9H,1-3H3,(H,20,21). The number of aromatic hydroxyl groups is 1. The van der Waals surface area contributed by atoms with E-state index in [1.54, 1.807) is 55.6 Å². The van der Waals surface area contributed by atoms with Crippen LogP contribution in [0.4, 0.5) is 5.69 Å². The number of hydrogen-bond donors (Lipinski definition) is 3. The molecule has 0 saturated carbocycles. The average molecular weight is 1110 g/mol. The van der Waals surface area contributed by atoms with Gasteiger partial charge in [-0.25, -0.2) is 18.4 Å². The molecule has 0 radical (unpaired) electrons. The maximum Gasteiger partial charge on any atom is 0.335 e. The predicted molar refractivity (Wildman–Crippen MR) is 253 cm³/mol. The average Bonchev–Trinajstić information content (AvgIpc) is 3.19. The molecule has 0 bridgehead atoms.